The van der Waals surface area contributed by atoms with E-state index in [0.717, 1.165) is 0 Å². The Hall–Kier alpha value is -1.39. The number of hydroxylamine groups is 2. The first-order valence-electron chi connectivity index (χ1n) is 5.77. The number of nitrogens with zero attached hydrogens (tertiary/aromatic N) is 2. The lowest BCUT2D eigenvalue weighted by atomic mass is 10.0. The van der Waals surface area contributed by atoms with E-state index < -0.39 is 34.5 Å². The minimum absolute atomic E-state index is 0.165. The van der Waals surface area contributed by atoms with Crippen molar-refractivity contribution in [2.24, 2.45) is 0 Å². The summed E-state index contributed by atoms with van der Waals surface area (Å²) in [4.78, 5) is 24.8. The first-order chi connectivity index (χ1) is 8.83. The molecule has 2 aliphatic rings. The zero-order valence-corrected chi connectivity index (χ0v) is 11.0. The molecule has 2 aliphatic heterocycles. The van der Waals surface area contributed by atoms with Crippen LogP contribution in [0.4, 0.5) is 4.79 Å². The van der Waals surface area contributed by atoms with Crippen LogP contribution < -0.4 is 0 Å². The summed E-state index contributed by atoms with van der Waals surface area (Å²) in [6.07, 6.45) is 0.752. The Morgan fingerprint density at radius 2 is 2.16 bits per heavy atom. The highest BCUT2D eigenvalue weighted by atomic mass is 32.3. The van der Waals surface area contributed by atoms with Gasteiger partial charge < -0.3 is 9.64 Å². The highest BCUT2D eigenvalue weighted by Gasteiger charge is 2.49. The van der Waals surface area contributed by atoms with Crippen LogP contribution in [0.15, 0.2) is 0 Å². The topological polar surface area (TPSA) is 113 Å². The van der Waals surface area contributed by atoms with E-state index >= 15 is 0 Å². The molecule has 2 heterocycles. The lowest BCUT2D eigenvalue weighted by molar-refractivity contribution is -0.149. The number of amides is 2. The summed E-state index contributed by atoms with van der Waals surface area (Å²) in [6, 6.07) is -2.00. The van der Waals surface area contributed by atoms with Crippen LogP contribution in [0.25, 0.3) is 0 Å². The second kappa shape index (κ2) is 4.94. The van der Waals surface area contributed by atoms with Crippen molar-refractivity contribution in [3.05, 3.63) is 0 Å². The Bertz CT molecular complexity index is 491. The fourth-order valence-corrected chi connectivity index (χ4v) is 2.70. The largest absolute Gasteiger partial charge is 0.464 e. The number of hydrogen-bond donors (Lipinski definition) is 1. The van der Waals surface area contributed by atoms with Crippen LogP contribution in [-0.2, 0) is 24.2 Å². The molecule has 10 heteroatoms. The molecule has 0 aromatic carbocycles. The maximum absolute atomic E-state index is 11.9. The summed E-state index contributed by atoms with van der Waals surface area (Å²) in [5.41, 5.74) is 0. The van der Waals surface area contributed by atoms with Crippen molar-refractivity contribution < 1.29 is 31.6 Å². The maximum Gasteiger partial charge on any atom is 0.418 e. The Morgan fingerprint density at radius 1 is 1.47 bits per heavy atom. The first kappa shape index (κ1) is 14.0. The van der Waals surface area contributed by atoms with Gasteiger partial charge in [-0.25, -0.2) is 9.59 Å². The van der Waals surface area contributed by atoms with Gasteiger partial charge in [0.2, 0.25) is 0 Å². The Labute approximate surface area is 110 Å². The van der Waals surface area contributed by atoms with E-state index in [-0.39, 0.29) is 13.2 Å². The van der Waals surface area contributed by atoms with E-state index in [0.29, 0.717) is 17.9 Å². The zero-order valence-electron chi connectivity index (χ0n) is 10.2. The summed E-state index contributed by atoms with van der Waals surface area (Å²) in [7, 11) is -4.76. The molecule has 0 aliphatic carbocycles. The smallest absolute Gasteiger partial charge is 0.418 e. The van der Waals surface area contributed by atoms with E-state index in [9.17, 15) is 18.0 Å². The van der Waals surface area contributed by atoms with Crippen LogP contribution in [0.2, 0.25) is 0 Å². The van der Waals surface area contributed by atoms with Crippen LogP contribution >= 0.6 is 0 Å². The standard InChI is InChI=1S/C9H14N2O7S/c1-2-17-8(12)7-4-3-6-5-10(7)9(13)11(6)18-19(14,15)16/h6-7H,2-5H2,1H3,(H,14,15,16). The van der Waals surface area contributed by atoms with Gasteiger partial charge in [0.25, 0.3) is 0 Å². The third kappa shape index (κ3) is 2.80. The summed E-state index contributed by atoms with van der Waals surface area (Å²) >= 11 is 0. The third-order valence-electron chi connectivity index (χ3n) is 3.06. The molecule has 2 fully saturated rings. The molecule has 9 nitrogen and oxygen atoms in total. The van der Waals surface area contributed by atoms with E-state index in [1.807, 2.05) is 0 Å². The summed E-state index contributed by atoms with van der Waals surface area (Å²) < 4.78 is 39.0. The molecule has 0 aromatic rings. The minimum Gasteiger partial charge on any atom is -0.464 e. The fraction of sp³-hybridized carbons (Fsp3) is 0.778. The van der Waals surface area contributed by atoms with E-state index in [4.69, 9.17) is 9.29 Å². The molecule has 2 atom stereocenters. The van der Waals surface area contributed by atoms with Crippen molar-refractivity contribution in [1.29, 1.82) is 0 Å². The molecule has 0 aromatic heterocycles. The predicted octanol–water partition coefficient (Wildman–Crippen LogP) is -0.447. The number of ether oxygens (including phenoxy) is 1. The van der Waals surface area contributed by atoms with Crippen LogP contribution in [0.5, 0.6) is 0 Å². The number of fused-ring (bicyclic) bond motifs is 2. The van der Waals surface area contributed by atoms with Crippen LogP contribution in [0.3, 0.4) is 0 Å². The lowest BCUT2D eigenvalue weighted by Crippen LogP contribution is -2.45. The maximum atomic E-state index is 11.9. The summed E-state index contributed by atoms with van der Waals surface area (Å²) in [6.45, 7) is 2.02. The van der Waals surface area contributed by atoms with Crippen molar-refractivity contribution >= 4 is 22.4 Å². The molecule has 2 bridgehead atoms. The molecule has 2 unspecified atom stereocenters. The SMILES string of the molecule is CCOC(=O)C1CCC2CN1C(=O)N2OS(=O)(=O)O. The zero-order chi connectivity index (χ0) is 14.2. The van der Waals surface area contributed by atoms with Crippen LogP contribution in [0.1, 0.15) is 19.8 Å². The second-order valence-corrected chi connectivity index (χ2v) is 5.27. The van der Waals surface area contributed by atoms with Gasteiger partial charge in [-0.3, -0.25) is 4.55 Å². The highest BCUT2D eigenvalue weighted by molar-refractivity contribution is 7.80. The highest BCUT2D eigenvalue weighted by Crippen LogP contribution is 2.31. The first-order valence-corrected chi connectivity index (χ1v) is 7.13. The Kier molecular flexibility index (Phi) is 3.65. The van der Waals surface area contributed by atoms with Crippen LogP contribution in [-0.4, -0.2) is 60.2 Å². The van der Waals surface area contributed by atoms with Crippen molar-refractivity contribution in [3.63, 3.8) is 0 Å². The number of piperidine rings is 1. The van der Waals surface area contributed by atoms with E-state index in [1.165, 1.54) is 4.90 Å². The molecule has 2 amide bonds. The number of esters is 1. The number of urea groups is 1. The molecule has 0 radical (unpaired) electrons. The number of carbonyl (C=O) groups excluding carboxylic acids is 2. The number of carbonyl (C=O) groups is 2. The molecule has 2 saturated heterocycles. The van der Waals surface area contributed by atoms with Gasteiger partial charge in [-0.15, -0.1) is 4.28 Å². The number of rotatable bonds is 4. The monoisotopic (exact) mass is 294 g/mol. The summed E-state index contributed by atoms with van der Waals surface area (Å²) in [5.74, 6) is -0.525. The average Bonchev–Trinajstić information content (AvgIpc) is 2.53. The quantitative estimate of drug-likeness (QED) is 0.552. The summed E-state index contributed by atoms with van der Waals surface area (Å²) in [5, 5.41) is 0.592. The fourth-order valence-electron chi connectivity index (χ4n) is 2.32. The normalized spacial score (nSPS) is 26.7. The van der Waals surface area contributed by atoms with E-state index in [1.54, 1.807) is 6.92 Å². The Morgan fingerprint density at radius 3 is 2.74 bits per heavy atom. The predicted molar refractivity (Wildman–Crippen MR) is 60.0 cm³/mol. The van der Waals surface area contributed by atoms with Crippen molar-refractivity contribution in [1.82, 2.24) is 9.96 Å². The molecule has 0 saturated carbocycles. The molecule has 0 spiro atoms. The molecule has 1 N–H and O–H groups in total. The van der Waals surface area contributed by atoms with E-state index in [2.05, 4.69) is 4.28 Å². The van der Waals surface area contributed by atoms with Gasteiger partial charge in [-0.2, -0.15) is 13.5 Å². The molecule has 19 heavy (non-hydrogen) atoms. The van der Waals surface area contributed by atoms with Crippen LogP contribution in [0, 0.1) is 0 Å². The third-order valence-corrected chi connectivity index (χ3v) is 3.41. The van der Waals surface area contributed by atoms with Gasteiger partial charge in [0.15, 0.2) is 0 Å². The second-order valence-electron chi connectivity index (χ2n) is 4.26. The molecule has 108 valence electrons. The minimum atomic E-state index is -4.76. The molecule has 2 rings (SSSR count). The average molecular weight is 294 g/mol. The lowest BCUT2D eigenvalue weighted by Gasteiger charge is -2.28. The van der Waals surface area contributed by atoms with Crippen molar-refractivity contribution in [3.8, 4) is 0 Å². The number of hydrogen-bond acceptors (Lipinski definition) is 6. The van der Waals surface area contributed by atoms with Gasteiger partial charge in [0, 0.05) is 6.54 Å². The van der Waals surface area contributed by atoms with Crippen molar-refractivity contribution in [2.45, 2.75) is 31.8 Å². The van der Waals surface area contributed by atoms with Gasteiger partial charge in [-0.05, 0) is 19.8 Å². The van der Waals surface area contributed by atoms with Gasteiger partial charge in [0.05, 0.1) is 12.6 Å². The Balaban J connectivity index is 2.13. The van der Waals surface area contributed by atoms with Gasteiger partial charge in [0.1, 0.15) is 6.04 Å². The van der Waals surface area contributed by atoms with Crippen molar-refractivity contribution in [2.75, 3.05) is 13.2 Å². The molecular formula is C9H14N2O7S. The van der Waals surface area contributed by atoms with Gasteiger partial charge in [-0.1, -0.05) is 0 Å². The molecular weight excluding hydrogens is 280 g/mol. The van der Waals surface area contributed by atoms with Gasteiger partial charge >= 0.3 is 22.4 Å².